The monoisotopic (exact) mass is 323 g/mol. The Bertz CT molecular complexity index is 753. The molecule has 0 saturated carbocycles. The van der Waals surface area contributed by atoms with E-state index in [4.69, 9.17) is 12.2 Å². The molecule has 5 nitrogen and oxygen atoms in total. The summed E-state index contributed by atoms with van der Waals surface area (Å²) in [4.78, 5) is 10.4. The molecule has 8 heteroatoms. The number of nitrogens with zero attached hydrogens (tertiary/aromatic N) is 1. The number of benzene rings is 2. The molecular formula is C14H11F2N3O2S. The minimum absolute atomic E-state index is 0.000474. The fourth-order valence-electron chi connectivity index (χ4n) is 1.76. The summed E-state index contributed by atoms with van der Waals surface area (Å²) in [6.07, 6.45) is 0. The van der Waals surface area contributed by atoms with E-state index in [0.29, 0.717) is 11.3 Å². The largest absolute Gasteiger partial charge is 0.332 e. The zero-order valence-electron chi connectivity index (χ0n) is 11.4. The molecule has 0 atom stereocenters. The molecule has 114 valence electrons. The van der Waals surface area contributed by atoms with Gasteiger partial charge in [0.1, 0.15) is 11.6 Å². The highest BCUT2D eigenvalue weighted by Gasteiger charge is 2.12. The van der Waals surface area contributed by atoms with Crippen molar-refractivity contribution in [3.05, 3.63) is 63.7 Å². The Morgan fingerprint density at radius 2 is 1.91 bits per heavy atom. The third kappa shape index (κ3) is 3.73. The van der Waals surface area contributed by atoms with Crippen molar-refractivity contribution in [2.24, 2.45) is 0 Å². The summed E-state index contributed by atoms with van der Waals surface area (Å²) in [5, 5.41) is 16.2. The second-order valence-electron chi connectivity index (χ2n) is 4.46. The second kappa shape index (κ2) is 6.44. The normalized spacial score (nSPS) is 10.1. The van der Waals surface area contributed by atoms with Gasteiger partial charge in [-0.3, -0.25) is 10.1 Å². The molecular weight excluding hydrogens is 312 g/mol. The van der Waals surface area contributed by atoms with Crippen LogP contribution in [0, 0.1) is 28.7 Å². The maximum Gasteiger partial charge on any atom is 0.274 e. The number of aryl methyl sites for hydroxylation is 1. The van der Waals surface area contributed by atoms with Crippen molar-refractivity contribution in [1.29, 1.82) is 0 Å². The van der Waals surface area contributed by atoms with Gasteiger partial charge in [-0.25, -0.2) is 8.78 Å². The summed E-state index contributed by atoms with van der Waals surface area (Å²) >= 11 is 5.00. The van der Waals surface area contributed by atoms with E-state index < -0.39 is 16.6 Å². The molecule has 0 heterocycles. The fourth-order valence-corrected chi connectivity index (χ4v) is 1.99. The van der Waals surface area contributed by atoms with Crippen LogP contribution in [0.4, 0.5) is 25.8 Å². The minimum atomic E-state index is -0.793. The lowest BCUT2D eigenvalue weighted by atomic mass is 10.2. The second-order valence-corrected chi connectivity index (χ2v) is 4.87. The van der Waals surface area contributed by atoms with Crippen LogP contribution in [0.1, 0.15) is 5.56 Å². The van der Waals surface area contributed by atoms with Gasteiger partial charge in [-0.2, -0.15) is 0 Å². The summed E-state index contributed by atoms with van der Waals surface area (Å²) < 4.78 is 26.3. The number of rotatable bonds is 3. The molecule has 2 aromatic rings. The molecule has 22 heavy (non-hydrogen) atoms. The summed E-state index contributed by atoms with van der Waals surface area (Å²) in [6.45, 7) is 1.62. The van der Waals surface area contributed by atoms with Crippen LogP contribution >= 0.6 is 12.2 Å². The molecule has 2 rings (SSSR count). The number of hydrogen-bond acceptors (Lipinski definition) is 3. The number of hydrogen-bond donors (Lipinski definition) is 2. The molecule has 0 bridgehead atoms. The van der Waals surface area contributed by atoms with Gasteiger partial charge in [0.25, 0.3) is 5.69 Å². The van der Waals surface area contributed by atoms with E-state index in [1.165, 1.54) is 12.1 Å². The first-order chi connectivity index (χ1) is 10.4. The summed E-state index contributed by atoms with van der Waals surface area (Å²) in [6, 6.07) is 7.52. The topological polar surface area (TPSA) is 67.2 Å². The predicted octanol–water partition coefficient (Wildman–Crippen LogP) is 3.99. The van der Waals surface area contributed by atoms with Gasteiger partial charge in [0.2, 0.25) is 0 Å². The fraction of sp³-hybridized carbons (Fsp3) is 0.0714. The van der Waals surface area contributed by atoms with E-state index in [1.54, 1.807) is 19.1 Å². The Balaban J connectivity index is 2.12. The Hall–Kier alpha value is -2.61. The van der Waals surface area contributed by atoms with Gasteiger partial charge in [-0.05, 0) is 37.3 Å². The maximum atomic E-state index is 13.5. The zero-order chi connectivity index (χ0) is 16.3. The van der Waals surface area contributed by atoms with E-state index in [2.05, 4.69) is 10.6 Å². The predicted molar refractivity (Wildman–Crippen MR) is 84.0 cm³/mol. The van der Waals surface area contributed by atoms with Gasteiger partial charge in [0, 0.05) is 23.4 Å². The molecule has 0 aliphatic carbocycles. The number of halogens is 2. The Morgan fingerprint density at radius 3 is 2.55 bits per heavy atom. The molecule has 0 saturated heterocycles. The van der Waals surface area contributed by atoms with Crippen LogP contribution in [0.25, 0.3) is 0 Å². The lowest BCUT2D eigenvalue weighted by Gasteiger charge is -2.11. The molecule has 2 aromatic carbocycles. The van der Waals surface area contributed by atoms with Gasteiger partial charge in [-0.1, -0.05) is 6.07 Å². The van der Waals surface area contributed by atoms with Crippen molar-refractivity contribution in [3.63, 3.8) is 0 Å². The van der Waals surface area contributed by atoms with E-state index in [0.717, 1.165) is 12.1 Å². The smallest absolute Gasteiger partial charge is 0.274 e. The number of nitrogens with one attached hydrogen (secondary N) is 2. The standard InChI is InChI=1S/C14H11F2N3O2S/c1-8-2-4-10(7-13(8)19(20)21)17-14(22)18-12-5-3-9(15)6-11(12)16/h2-7H,1H3,(H2,17,18,22). The number of nitro groups is 1. The first kappa shape index (κ1) is 15.8. The molecule has 0 radical (unpaired) electrons. The summed E-state index contributed by atoms with van der Waals surface area (Å²) in [7, 11) is 0. The maximum absolute atomic E-state index is 13.5. The quantitative estimate of drug-likeness (QED) is 0.508. The molecule has 0 spiro atoms. The molecule has 0 unspecified atom stereocenters. The number of nitro benzene ring substituents is 1. The van der Waals surface area contributed by atoms with Crippen LogP contribution in [0.5, 0.6) is 0 Å². The van der Waals surface area contributed by atoms with Crippen LogP contribution in [0.15, 0.2) is 36.4 Å². The number of anilines is 2. The van der Waals surface area contributed by atoms with Crippen molar-refractivity contribution in [3.8, 4) is 0 Å². The van der Waals surface area contributed by atoms with Crippen molar-refractivity contribution < 1.29 is 13.7 Å². The minimum Gasteiger partial charge on any atom is -0.332 e. The molecule has 0 fully saturated rings. The van der Waals surface area contributed by atoms with Gasteiger partial charge >= 0.3 is 0 Å². The number of thiocarbonyl (C=S) groups is 1. The van der Waals surface area contributed by atoms with Crippen molar-refractivity contribution in [2.45, 2.75) is 6.92 Å². The van der Waals surface area contributed by atoms with Crippen LogP contribution in [-0.2, 0) is 0 Å². The van der Waals surface area contributed by atoms with Crippen molar-refractivity contribution in [1.82, 2.24) is 0 Å². The van der Waals surface area contributed by atoms with E-state index in [-0.39, 0.29) is 16.5 Å². The van der Waals surface area contributed by atoms with Gasteiger partial charge < -0.3 is 10.6 Å². The van der Waals surface area contributed by atoms with E-state index in [9.17, 15) is 18.9 Å². The van der Waals surface area contributed by atoms with Crippen LogP contribution < -0.4 is 10.6 Å². The van der Waals surface area contributed by atoms with Gasteiger partial charge in [0.15, 0.2) is 5.11 Å². The summed E-state index contributed by atoms with van der Waals surface area (Å²) in [5.74, 6) is -1.49. The molecule has 0 aliphatic heterocycles. The van der Waals surface area contributed by atoms with E-state index >= 15 is 0 Å². The highest BCUT2D eigenvalue weighted by Crippen LogP contribution is 2.22. The first-order valence-corrected chi connectivity index (χ1v) is 6.56. The van der Waals surface area contributed by atoms with Crippen molar-refractivity contribution in [2.75, 3.05) is 10.6 Å². The lowest BCUT2D eigenvalue weighted by Crippen LogP contribution is -2.20. The third-order valence-electron chi connectivity index (χ3n) is 2.84. The lowest BCUT2D eigenvalue weighted by molar-refractivity contribution is -0.385. The molecule has 0 aliphatic rings. The highest BCUT2D eigenvalue weighted by molar-refractivity contribution is 7.80. The Kier molecular flexibility index (Phi) is 4.62. The van der Waals surface area contributed by atoms with E-state index in [1.807, 2.05) is 0 Å². The average molecular weight is 323 g/mol. The molecule has 2 N–H and O–H groups in total. The average Bonchev–Trinajstić information content (AvgIpc) is 2.44. The van der Waals surface area contributed by atoms with Crippen LogP contribution in [0.3, 0.4) is 0 Å². The third-order valence-corrected chi connectivity index (χ3v) is 3.05. The first-order valence-electron chi connectivity index (χ1n) is 6.15. The molecule has 0 aromatic heterocycles. The van der Waals surface area contributed by atoms with Crippen molar-refractivity contribution >= 4 is 34.4 Å². The van der Waals surface area contributed by atoms with Crippen LogP contribution in [0.2, 0.25) is 0 Å². The van der Waals surface area contributed by atoms with Crippen LogP contribution in [-0.4, -0.2) is 10.0 Å². The van der Waals surface area contributed by atoms with Gasteiger partial charge in [-0.15, -0.1) is 0 Å². The Labute approximate surface area is 130 Å². The SMILES string of the molecule is Cc1ccc(NC(=S)Nc2ccc(F)cc2F)cc1[N+](=O)[O-]. The van der Waals surface area contributed by atoms with Gasteiger partial charge in [0.05, 0.1) is 10.6 Å². The molecule has 0 amide bonds. The Morgan fingerprint density at radius 1 is 1.18 bits per heavy atom. The highest BCUT2D eigenvalue weighted by atomic mass is 32.1. The summed E-state index contributed by atoms with van der Waals surface area (Å²) in [5.41, 5.74) is 0.845. The zero-order valence-corrected chi connectivity index (χ0v) is 12.2.